The minimum Gasteiger partial charge on any atom is -0.460 e. The molecule has 2 rings (SSSR count). The first-order valence-corrected chi connectivity index (χ1v) is 18.8. The Labute approximate surface area is 247 Å². The maximum atomic E-state index is 13.4. The van der Waals surface area contributed by atoms with E-state index in [1.54, 1.807) is 0 Å². The Hall–Kier alpha value is -0.733. The molecule has 1 unspecified atom stereocenters. The summed E-state index contributed by atoms with van der Waals surface area (Å²) in [6.45, 7) is 28.1. The van der Waals surface area contributed by atoms with E-state index in [0.717, 1.165) is 38.5 Å². The minimum atomic E-state index is -2.14. The highest BCUT2D eigenvalue weighted by Crippen LogP contribution is 2.44. The summed E-state index contributed by atoms with van der Waals surface area (Å²) in [6, 6.07) is 0. The van der Waals surface area contributed by atoms with Crippen LogP contribution in [0.3, 0.4) is 0 Å². The van der Waals surface area contributed by atoms with Gasteiger partial charge in [0.15, 0.2) is 8.32 Å². The van der Waals surface area contributed by atoms with Crippen molar-refractivity contribution in [1.82, 2.24) is 5.06 Å². The summed E-state index contributed by atoms with van der Waals surface area (Å²) in [5.74, 6) is -1.29. The van der Waals surface area contributed by atoms with Gasteiger partial charge in [0, 0.05) is 17.0 Å². The third-order valence-electron chi connectivity index (χ3n) is 9.22. The van der Waals surface area contributed by atoms with E-state index in [-0.39, 0.29) is 40.2 Å². The number of hydroxylamine groups is 2. The Morgan fingerprint density at radius 3 is 2.12 bits per heavy atom. The van der Waals surface area contributed by atoms with Gasteiger partial charge < -0.3 is 14.3 Å². The Morgan fingerprint density at radius 1 is 1.05 bits per heavy atom. The number of aliphatic hydroxyl groups is 1. The Balaban J connectivity index is 2.44. The van der Waals surface area contributed by atoms with E-state index in [9.17, 15) is 9.90 Å². The molecule has 7 heteroatoms. The van der Waals surface area contributed by atoms with Crippen molar-refractivity contribution in [3.8, 4) is 0 Å². The van der Waals surface area contributed by atoms with E-state index in [1.807, 2.05) is 20.8 Å². The fraction of sp³-hybridized carbons (Fsp3) is 0.909. The largest absolute Gasteiger partial charge is 0.460 e. The lowest BCUT2D eigenvalue weighted by Gasteiger charge is -2.52. The molecule has 5 atom stereocenters. The van der Waals surface area contributed by atoms with Crippen LogP contribution in [0.4, 0.5) is 0 Å². The average molecular weight is 582 g/mol. The molecule has 0 amide bonds. The first kappa shape index (κ1) is 35.5. The minimum absolute atomic E-state index is 0.0213. The second-order valence-corrected chi connectivity index (χ2v) is 20.9. The van der Waals surface area contributed by atoms with Crippen LogP contribution in [-0.4, -0.2) is 59.4 Å². The van der Waals surface area contributed by atoms with E-state index in [1.165, 1.54) is 6.42 Å². The van der Waals surface area contributed by atoms with Crippen LogP contribution in [0.15, 0.2) is 12.2 Å². The normalized spacial score (nSPS) is 28.6. The molecular weight excluding hydrogens is 518 g/mol. The summed E-state index contributed by atoms with van der Waals surface area (Å²) in [5, 5.41) is 13.5. The SMILES string of the molecule is CCCCCC(/C=C/[C@@H]1[C@H](C(=O)OC(C)(C)C)[C@@H](O)C[C@H]1O[Si](C)(C)C(C)(C)C)ON1C(C)(C)CCCC1(C)C. The molecule has 1 aliphatic carbocycles. The molecule has 234 valence electrons. The summed E-state index contributed by atoms with van der Waals surface area (Å²) >= 11 is 0. The van der Waals surface area contributed by atoms with Crippen molar-refractivity contribution in [2.75, 3.05) is 0 Å². The van der Waals surface area contributed by atoms with Crippen molar-refractivity contribution in [3.63, 3.8) is 0 Å². The Morgan fingerprint density at radius 2 is 1.62 bits per heavy atom. The maximum absolute atomic E-state index is 13.4. The van der Waals surface area contributed by atoms with E-state index in [4.69, 9.17) is 14.0 Å². The third kappa shape index (κ3) is 9.39. The van der Waals surface area contributed by atoms with Crippen LogP contribution in [-0.2, 0) is 18.8 Å². The maximum Gasteiger partial charge on any atom is 0.312 e. The molecule has 1 N–H and O–H groups in total. The summed E-state index contributed by atoms with van der Waals surface area (Å²) in [4.78, 5) is 20.3. The number of rotatable bonds is 11. The van der Waals surface area contributed by atoms with Crippen molar-refractivity contribution < 1.29 is 23.9 Å². The standard InChI is InChI=1S/C33H63NO5Si/c1-14-15-16-18-24(38-34-32(8,9)21-17-22-33(34,10)11)19-20-25-27(39-40(12,13)31(5,6)7)23-26(35)28(25)29(36)37-30(2,3)4/h19-20,24-28,35H,14-18,21-23H2,1-13H3/b20-19+/t24?,25-,26-,27+,28-/m0/s1. The smallest absolute Gasteiger partial charge is 0.312 e. The highest BCUT2D eigenvalue weighted by Gasteiger charge is 2.51. The zero-order valence-corrected chi connectivity index (χ0v) is 29.2. The van der Waals surface area contributed by atoms with Gasteiger partial charge in [0.05, 0.1) is 24.2 Å². The lowest BCUT2D eigenvalue weighted by atomic mass is 9.82. The summed E-state index contributed by atoms with van der Waals surface area (Å²) in [6.07, 6.45) is 11.2. The van der Waals surface area contributed by atoms with E-state index in [0.29, 0.717) is 6.42 Å². The fourth-order valence-electron chi connectivity index (χ4n) is 6.07. The fourth-order valence-corrected chi connectivity index (χ4v) is 7.43. The number of carbonyl (C=O) groups is 1. The van der Waals surface area contributed by atoms with Crippen molar-refractivity contribution in [2.45, 2.75) is 181 Å². The van der Waals surface area contributed by atoms with Gasteiger partial charge in [-0.1, -0.05) is 59.1 Å². The third-order valence-corrected chi connectivity index (χ3v) is 13.7. The molecule has 2 aliphatic rings. The number of unbranched alkanes of at least 4 members (excludes halogenated alkanes) is 2. The number of ether oxygens (including phenoxy) is 1. The summed E-state index contributed by atoms with van der Waals surface area (Å²) < 4.78 is 12.7. The zero-order valence-electron chi connectivity index (χ0n) is 28.2. The van der Waals surface area contributed by atoms with Crippen LogP contribution in [0.2, 0.25) is 18.1 Å². The van der Waals surface area contributed by atoms with Gasteiger partial charge >= 0.3 is 5.97 Å². The van der Waals surface area contributed by atoms with Gasteiger partial charge in [-0.05, 0) is 98.7 Å². The molecule has 40 heavy (non-hydrogen) atoms. The monoisotopic (exact) mass is 581 g/mol. The van der Waals surface area contributed by atoms with E-state index in [2.05, 4.69) is 85.7 Å². The van der Waals surface area contributed by atoms with Gasteiger partial charge in [0.2, 0.25) is 0 Å². The van der Waals surface area contributed by atoms with Gasteiger partial charge in [-0.15, -0.1) is 0 Å². The van der Waals surface area contributed by atoms with Crippen LogP contribution in [0, 0.1) is 11.8 Å². The Bertz CT molecular complexity index is 838. The van der Waals surface area contributed by atoms with Gasteiger partial charge in [-0.25, -0.2) is 0 Å². The topological polar surface area (TPSA) is 68.2 Å². The molecular formula is C33H63NO5Si. The molecule has 1 saturated carbocycles. The van der Waals surface area contributed by atoms with Gasteiger partial charge in [0.1, 0.15) is 5.60 Å². The van der Waals surface area contributed by atoms with Crippen molar-refractivity contribution in [3.05, 3.63) is 12.2 Å². The van der Waals surface area contributed by atoms with Crippen LogP contribution in [0.25, 0.3) is 0 Å². The van der Waals surface area contributed by atoms with Crippen LogP contribution in [0.1, 0.15) is 128 Å². The lowest BCUT2D eigenvalue weighted by molar-refractivity contribution is -0.297. The van der Waals surface area contributed by atoms with Gasteiger partial charge in [-0.2, -0.15) is 5.06 Å². The first-order chi connectivity index (χ1) is 18.1. The summed E-state index contributed by atoms with van der Waals surface area (Å²) in [5.41, 5.74) is -0.745. The quantitative estimate of drug-likeness (QED) is 0.115. The number of esters is 1. The zero-order chi connectivity index (χ0) is 30.7. The van der Waals surface area contributed by atoms with Crippen LogP contribution >= 0.6 is 0 Å². The molecule has 1 aliphatic heterocycles. The van der Waals surface area contributed by atoms with Crippen LogP contribution < -0.4 is 0 Å². The average Bonchev–Trinajstić information content (AvgIpc) is 3.05. The van der Waals surface area contributed by atoms with E-state index < -0.39 is 25.9 Å². The highest BCUT2D eigenvalue weighted by atomic mass is 28.4. The molecule has 0 radical (unpaired) electrons. The van der Waals surface area contributed by atoms with Crippen molar-refractivity contribution in [2.24, 2.45) is 11.8 Å². The molecule has 0 aromatic heterocycles. The number of nitrogens with zero attached hydrogens (tertiary/aromatic N) is 1. The number of hydrogen-bond donors (Lipinski definition) is 1. The van der Waals surface area contributed by atoms with Crippen LogP contribution in [0.5, 0.6) is 0 Å². The second kappa shape index (κ2) is 13.3. The molecule has 0 aromatic rings. The molecule has 6 nitrogen and oxygen atoms in total. The molecule has 0 spiro atoms. The highest BCUT2D eigenvalue weighted by molar-refractivity contribution is 6.74. The molecule has 1 saturated heterocycles. The van der Waals surface area contributed by atoms with Gasteiger partial charge in [-0.3, -0.25) is 9.63 Å². The second-order valence-electron chi connectivity index (χ2n) is 16.2. The summed E-state index contributed by atoms with van der Waals surface area (Å²) in [7, 11) is -2.14. The predicted molar refractivity (Wildman–Crippen MR) is 168 cm³/mol. The van der Waals surface area contributed by atoms with E-state index >= 15 is 0 Å². The van der Waals surface area contributed by atoms with Crippen molar-refractivity contribution >= 4 is 14.3 Å². The molecule has 1 heterocycles. The molecule has 2 fully saturated rings. The number of carbonyl (C=O) groups excluding carboxylic acids is 1. The number of hydrogen-bond acceptors (Lipinski definition) is 6. The first-order valence-electron chi connectivity index (χ1n) is 15.9. The number of piperidine rings is 1. The Kier molecular flexibility index (Phi) is 11.8. The molecule has 0 aromatic carbocycles. The van der Waals surface area contributed by atoms with Gasteiger partial charge in [0.25, 0.3) is 0 Å². The molecule has 0 bridgehead atoms. The number of aliphatic hydroxyl groups excluding tert-OH is 1. The predicted octanol–water partition coefficient (Wildman–Crippen LogP) is 8.20. The lowest BCUT2D eigenvalue weighted by Crippen LogP contribution is -2.59. The van der Waals surface area contributed by atoms with Crippen molar-refractivity contribution in [1.29, 1.82) is 0 Å².